The van der Waals surface area contributed by atoms with Gasteiger partial charge in [-0.25, -0.2) is 9.36 Å². The topological polar surface area (TPSA) is 64.1 Å². The van der Waals surface area contributed by atoms with E-state index in [1.54, 1.807) is 12.1 Å². The van der Waals surface area contributed by atoms with Crippen LogP contribution in [0, 0.1) is 6.92 Å². The molecule has 0 spiro atoms. The fraction of sp³-hybridized carbons (Fsp3) is 0.167. The fourth-order valence-corrected chi connectivity index (χ4v) is 1.97. The lowest BCUT2D eigenvalue weighted by atomic mass is 10.3. The van der Waals surface area contributed by atoms with Crippen molar-refractivity contribution in [3.8, 4) is 11.4 Å². The SMILES string of the molecule is COc1ccc(Cl)c(-n2c(=O)[nH]c(Cl)c(C)c2=O)c1. The zero-order valence-corrected chi connectivity index (χ0v) is 11.7. The van der Waals surface area contributed by atoms with Crippen LogP contribution >= 0.6 is 23.2 Å². The summed E-state index contributed by atoms with van der Waals surface area (Å²) >= 11 is 11.8. The first-order valence-corrected chi connectivity index (χ1v) is 6.06. The van der Waals surface area contributed by atoms with Crippen molar-refractivity contribution in [2.75, 3.05) is 7.11 Å². The van der Waals surface area contributed by atoms with E-state index < -0.39 is 11.2 Å². The molecule has 0 atom stereocenters. The minimum atomic E-state index is -0.657. The maximum absolute atomic E-state index is 12.1. The molecule has 0 aliphatic carbocycles. The smallest absolute Gasteiger partial charge is 0.334 e. The number of ether oxygens (including phenoxy) is 1. The normalized spacial score (nSPS) is 10.5. The van der Waals surface area contributed by atoms with Crippen molar-refractivity contribution in [1.82, 2.24) is 9.55 Å². The summed E-state index contributed by atoms with van der Waals surface area (Å²) in [6.07, 6.45) is 0. The second-order valence-electron chi connectivity index (χ2n) is 3.83. The molecule has 0 aliphatic heterocycles. The van der Waals surface area contributed by atoms with Gasteiger partial charge in [0.15, 0.2) is 0 Å². The third-order valence-electron chi connectivity index (χ3n) is 2.67. The quantitative estimate of drug-likeness (QED) is 0.864. The van der Waals surface area contributed by atoms with Crippen LogP contribution in [0.15, 0.2) is 27.8 Å². The maximum atomic E-state index is 12.1. The lowest BCUT2D eigenvalue weighted by Crippen LogP contribution is -2.35. The molecule has 0 unspecified atom stereocenters. The van der Waals surface area contributed by atoms with Crippen molar-refractivity contribution >= 4 is 23.2 Å². The summed E-state index contributed by atoms with van der Waals surface area (Å²) in [4.78, 5) is 26.4. The Bertz CT molecular complexity index is 750. The minimum Gasteiger partial charge on any atom is -0.497 e. The van der Waals surface area contributed by atoms with Crippen LogP contribution in [0.3, 0.4) is 0 Å². The molecular formula is C12H10Cl2N2O3. The molecule has 0 radical (unpaired) electrons. The van der Waals surface area contributed by atoms with Gasteiger partial charge in [-0.1, -0.05) is 23.2 Å². The predicted octanol–water partition coefficient (Wildman–Crippen LogP) is 2.15. The number of rotatable bonds is 2. The molecule has 1 heterocycles. The van der Waals surface area contributed by atoms with Crippen LogP contribution in [0.2, 0.25) is 10.2 Å². The monoisotopic (exact) mass is 300 g/mol. The van der Waals surface area contributed by atoms with E-state index in [-0.39, 0.29) is 21.4 Å². The third-order valence-corrected chi connectivity index (χ3v) is 3.36. The van der Waals surface area contributed by atoms with Crippen LogP contribution in [0.5, 0.6) is 5.75 Å². The Morgan fingerprint density at radius 2 is 1.95 bits per heavy atom. The molecule has 1 N–H and O–H groups in total. The lowest BCUT2D eigenvalue weighted by molar-refractivity contribution is 0.414. The predicted molar refractivity (Wildman–Crippen MR) is 74.0 cm³/mol. The van der Waals surface area contributed by atoms with E-state index in [2.05, 4.69) is 4.98 Å². The van der Waals surface area contributed by atoms with Crippen LogP contribution in [0.25, 0.3) is 5.69 Å². The van der Waals surface area contributed by atoms with E-state index in [4.69, 9.17) is 27.9 Å². The van der Waals surface area contributed by atoms with Gasteiger partial charge in [-0.15, -0.1) is 0 Å². The molecule has 7 heteroatoms. The Balaban J connectivity index is 2.83. The number of hydrogen-bond acceptors (Lipinski definition) is 3. The number of methoxy groups -OCH3 is 1. The van der Waals surface area contributed by atoms with Gasteiger partial charge in [0.1, 0.15) is 10.9 Å². The average molecular weight is 301 g/mol. The van der Waals surface area contributed by atoms with Crippen LogP contribution in [-0.2, 0) is 0 Å². The van der Waals surface area contributed by atoms with Crippen LogP contribution in [0.4, 0.5) is 0 Å². The lowest BCUT2D eigenvalue weighted by Gasteiger charge is -2.10. The van der Waals surface area contributed by atoms with Gasteiger partial charge in [-0.3, -0.25) is 9.78 Å². The molecule has 100 valence electrons. The first-order chi connectivity index (χ1) is 8.95. The second kappa shape index (κ2) is 5.11. The molecule has 5 nitrogen and oxygen atoms in total. The van der Waals surface area contributed by atoms with E-state index in [1.807, 2.05) is 0 Å². The summed E-state index contributed by atoms with van der Waals surface area (Å²) in [5.74, 6) is 0.485. The summed E-state index contributed by atoms with van der Waals surface area (Å²) in [5.41, 5.74) is -0.702. The Labute approximate surface area is 118 Å². The van der Waals surface area contributed by atoms with Gasteiger partial charge in [0.25, 0.3) is 5.56 Å². The number of aromatic nitrogens is 2. The molecule has 0 bridgehead atoms. The van der Waals surface area contributed by atoms with E-state index in [9.17, 15) is 9.59 Å². The molecular weight excluding hydrogens is 291 g/mol. The summed E-state index contributed by atoms with van der Waals surface area (Å²) in [6.45, 7) is 1.52. The Hall–Kier alpha value is -1.72. The number of nitrogens with zero attached hydrogens (tertiary/aromatic N) is 1. The van der Waals surface area contributed by atoms with Crippen molar-refractivity contribution in [2.24, 2.45) is 0 Å². The number of hydrogen-bond donors (Lipinski definition) is 1. The summed E-state index contributed by atoms with van der Waals surface area (Å²) in [5, 5.41) is 0.278. The fourth-order valence-electron chi connectivity index (χ4n) is 1.61. The van der Waals surface area contributed by atoms with Crippen LogP contribution in [0.1, 0.15) is 5.56 Å². The highest BCUT2D eigenvalue weighted by atomic mass is 35.5. The highest BCUT2D eigenvalue weighted by Crippen LogP contribution is 2.23. The second-order valence-corrected chi connectivity index (χ2v) is 4.61. The van der Waals surface area contributed by atoms with Crippen molar-refractivity contribution < 1.29 is 4.74 Å². The van der Waals surface area contributed by atoms with Crippen LogP contribution < -0.4 is 16.0 Å². The maximum Gasteiger partial charge on any atom is 0.334 e. The molecule has 0 saturated heterocycles. The molecule has 0 amide bonds. The Morgan fingerprint density at radius 3 is 2.58 bits per heavy atom. The number of H-pyrrole nitrogens is 1. The van der Waals surface area contributed by atoms with Gasteiger partial charge < -0.3 is 4.74 Å². The first kappa shape index (κ1) is 13.7. The van der Waals surface area contributed by atoms with Crippen molar-refractivity contribution in [2.45, 2.75) is 6.92 Å². The van der Waals surface area contributed by atoms with Crippen molar-refractivity contribution in [3.63, 3.8) is 0 Å². The van der Waals surface area contributed by atoms with E-state index in [0.717, 1.165) is 4.57 Å². The molecule has 19 heavy (non-hydrogen) atoms. The highest BCUT2D eigenvalue weighted by Gasteiger charge is 2.14. The van der Waals surface area contributed by atoms with Crippen LogP contribution in [-0.4, -0.2) is 16.7 Å². The molecule has 1 aromatic heterocycles. The number of benzene rings is 1. The third kappa shape index (κ3) is 2.39. The van der Waals surface area contributed by atoms with Gasteiger partial charge in [0.2, 0.25) is 0 Å². The number of nitrogens with one attached hydrogen (secondary N) is 1. The Kier molecular flexibility index (Phi) is 3.68. The average Bonchev–Trinajstić information content (AvgIpc) is 2.38. The minimum absolute atomic E-state index is 0.0188. The van der Waals surface area contributed by atoms with Crippen molar-refractivity contribution in [3.05, 3.63) is 54.8 Å². The summed E-state index contributed by atoms with van der Waals surface area (Å²) < 4.78 is 5.98. The van der Waals surface area contributed by atoms with E-state index >= 15 is 0 Å². The molecule has 0 saturated carbocycles. The number of aromatic amines is 1. The first-order valence-electron chi connectivity index (χ1n) is 5.31. The molecule has 0 fully saturated rings. The molecule has 0 aliphatic rings. The largest absolute Gasteiger partial charge is 0.497 e. The zero-order valence-electron chi connectivity index (χ0n) is 10.2. The van der Waals surface area contributed by atoms with Gasteiger partial charge in [-0.05, 0) is 19.1 Å². The van der Waals surface area contributed by atoms with E-state index in [1.165, 1.54) is 20.1 Å². The van der Waals surface area contributed by atoms with Crippen molar-refractivity contribution in [1.29, 1.82) is 0 Å². The molecule has 2 rings (SSSR count). The van der Waals surface area contributed by atoms with Gasteiger partial charge >= 0.3 is 5.69 Å². The standard InChI is InChI=1S/C12H10Cl2N2O3/c1-6-10(14)15-12(18)16(11(6)17)9-5-7(19-2)3-4-8(9)13/h3-5H,1-2H3,(H,15,18). The van der Waals surface area contributed by atoms with Gasteiger partial charge in [-0.2, -0.15) is 0 Å². The molecule has 1 aromatic carbocycles. The Morgan fingerprint density at radius 1 is 1.26 bits per heavy atom. The van der Waals surface area contributed by atoms with Gasteiger partial charge in [0.05, 0.1) is 23.4 Å². The summed E-state index contributed by atoms with van der Waals surface area (Å²) in [7, 11) is 1.48. The number of halogens is 2. The highest BCUT2D eigenvalue weighted by molar-refractivity contribution is 6.32. The van der Waals surface area contributed by atoms with E-state index in [0.29, 0.717) is 5.75 Å². The molecule has 2 aromatic rings. The zero-order chi connectivity index (χ0) is 14.2. The van der Waals surface area contributed by atoms with Gasteiger partial charge in [0, 0.05) is 6.07 Å². The summed E-state index contributed by atoms with van der Waals surface area (Å²) in [6, 6.07) is 4.69.